The number of benzene rings is 1. The number of nitrogens with zero attached hydrogens (tertiary/aromatic N) is 1. The molecule has 20 heavy (non-hydrogen) atoms. The second-order valence-corrected chi connectivity index (χ2v) is 7.28. The van der Waals surface area contributed by atoms with Crippen LogP contribution in [0.2, 0.25) is 0 Å². The molecule has 1 aromatic rings. The van der Waals surface area contributed by atoms with Crippen molar-refractivity contribution >= 4 is 36.2 Å². The molecule has 104 valence electrons. The Labute approximate surface area is 117 Å². The van der Waals surface area contributed by atoms with Crippen molar-refractivity contribution in [1.82, 2.24) is 9.23 Å². The molecule has 1 aromatic carbocycles. The Morgan fingerprint density at radius 2 is 2.05 bits per heavy atom. The van der Waals surface area contributed by atoms with E-state index in [9.17, 15) is 22.6 Å². The molecular formula is C12H9FN2O4Se. The monoisotopic (exact) mass is 344 g/mol. The molecule has 0 radical (unpaired) electrons. The Balaban J connectivity index is 1.97. The van der Waals surface area contributed by atoms with Crippen molar-refractivity contribution < 1.29 is 22.6 Å². The van der Waals surface area contributed by atoms with Crippen molar-refractivity contribution in [2.75, 3.05) is 0 Å². The van der Waals surface area contributed by atoms with E-state index in [0.717, 1.165) is 16.0 Å². The standard InChI is InChI=1S/C12H9FN2O4Se/c13-6-1-2-7-9(5-6)20(19)15(12(7)18)8-3-4-10(16)14-11(8)17/h1-2,5,8H,3-4H2,(H,14,16,17). The van der Waals surface area contributed by atoms with Gasteiger partial charge in [-0.25, -0.2) is 0 Å². The van der Waals surface area contributed by atoms with Crippen LogP contribution in [0.15, 0.2) is 18.2 Å². The molecule has 2 unspecified atom stereocenters. The SMILES string of the molecule is O=C1CCC(N2C(=O)c3ccc(F)cc3[Se]2=O)C(=O)N1. The molecule has 1 fully saturated rings. The summed E-state index contributed by atoms with van der Waals surface area (Å²) in [6.45, 7) is 0. The molecule has 2 aliphatic heterocycles. The van der Waals surface area contributed by atoms with Crippen molar-refractivity contribution in [3.63, 3.8) is 0 Å². The summed E-state index contributed by atoms with van der Waals surface area (Å²) in [6.07, 6.45) is 0.221. The Hall–Kier alpha value is -1.92. The van der Waals surface area contributed by atoms with Gasteiger partial charge < -0.3 is 0 Å². The summed E-state index contributed by atoms with van der Waals surface area (Å²) in [4.78, 5) is 35.1. The van der Waals surface area contributed by atoms with Gasteiger partial charge in [-0.1, -0.05) is 0 Å². The second kappa shape index (κ2) is 4.57. The molecule has 0 bridgehead atoms. The third-order valence-electron chi connectivity index (χ3n) is 3.23. The fraction of sp³-hybridized carbons (Fsp3) is 0.250. The topological polar surface area (TPSA) is 83.6 Å². The van der Waals surface area contributed by atoms with Crippen LogP contribution in [0, 0.1) is 5.82 Å². The zero-order valence-corrected chi connectivity index (χ0v) is 11.8. The van der Waals surface area contributed by atoms with Crippen molar-refractivity contribution in [2.24, 2.45) is 0 Å². The van der Waals surface area contributed by atoms with Crippen LogP contribution in [0.3, 0.4) is 0 Å². The third kappa shape index (κ3) is 1.88. The molecule has 3 rings (SSSR count). The van der Waals surface area contributed by atoms with Crippen LogP contribution in [0.1, 0.15) is 23.2 Å². The van der Waals surface area contributed by atoms with Gasteiger partial charge in [-0.3, -0.25) is 0 Å². The van der Waals surface area contributed by atoms with Crippen molar-refractivity contribution in [1.29, 1.82) is 0 Å². The van der Waals surface area contributed by atoms with Gasteiger partial charge in [0.2, 0.25) is 0 Å². The zero-order chi connectivity index (χ0) is 14.4. The maximum atomic E-state index is 13.2. The second-order valence-electron chi connectivity index (χ2n) is 4.49. The number of hydrogen-bond donors (Lipinski definition) is 1. The van der Waals surface area contributed by atoms with Crippen molar-refractivity contribution in [2.45, 2.75) is 18.9 Å². The van der Waals surface area contributed by atoms with E-state index in [2.05, 4.69) is 5.32 Å². The molecule has 2 atom stereocenters. The van der Waals surface area contributed by atoms with E-state index in [1.165, 1.54) is 6.07 Å². The molecule has 6 nitrogen and oxygen atoms in total. The molecule has 3 amide bonds. The Kier molecular flexibility index (Phi) is 2.99. The normalized spacial score (nSPS) is 25.6. The number of hydrogen-bond acceptors (Lipinski definition) is 4. The predicted octanol–water partition coefficient (Wildman–Crippen LogP) is -0.788. The molecular weight excluding hydrogens is 334 g/mol. The Bertz CT molecular complexity index is 675. The number of carbonyl (C=O) groups is 3. The molecule has 0 spiro atoms. The zero-order valence-electron chi connectivity index (χ0n) is 10.1. The summed E-state index contributed by atoms with van der Waals surface area (Å²) < 4.78 is 26.7. The van der Waals surface area contributed by atoms with Crippen LogP contribution in [-0.4, -0.2) is 41.7 Å². The quantitative estimate of drug-likeness (QED) is 0.535. The molecule has 2 heterocycles. The van der Waals surface area contributed by atoms with E-state index in [-0.39, 0.29) is 22.9 Å². The van der Waals surface area contributed by atoms with Crippen LogP contribution in [0.25, 0.3) is 0 Å². The van der Waals surface area contributed by atoms with Crippen molar-refractivity contribution in [3.8, 4) is 0 Å². The molecule has 2 aliphatic rings. The fourth-order valence-corrected chi connectivity index (χ4v) is 5.32. The minimum atomic E-state index is -3.01. The summed E-state index contributed by atoms with van der Waals surface area (Å²) >= 11 is -3.01. The molecule has 1 N–H and O–H groups in total. The number of amides is 3. The van der Waals surface area contributed by atoms with Crippen LogP contribution in [0.5, 0.6) is 0 Å². The van der Waals surface area contributed by atoms with Crippen molar-refractivity contribution in [3.05, 3.63) is 29.6 Å². The van der Waals surface area contributed by atoms with Gasteiger partial charge in [0.1, 0.15) is 0 Å². The average Bonchev–Trinajstić information content (AvgIpc) is 2.63. The Morgan fingerprint density at radius 1 is 1.30 bits per heavy atom. The van der Waals surface area contributed by atoms with Gasteiger partial charge >= 0.3 is 117 Å². The van der Waals surface area contributed by atoms with E-state index in [4.69, 9.17) is 0 Å². The first kappa shape index (κ1) is 13.1. The van der Waals surface area contributed by atoms with Gasteiger partial charge in [-0.2, -0.15) is 0 Å². The van der Waals surface area contributed by atoms with Gasteiger partial charge in [0.15, 0.2) is 0 Å². The summed E-state index contributed by atoms with van der Waals surface area (Å²) in [5.41, 5.74) is 0.163. The minimum absolute atomic E-state index is 0.0871. The Morgan fingerprint density at radius 3 is 2.75 bits per heavy atom. The van der Waals surface area contributed by atoms with E-state index >= 15 is 0 Å². The van der Waals surface area contributed by atoms with E-state index in [1.807, 2.05) is 0 Å². The van der Waals surface area contributed by atoms with Crippen LogP contribution < -0.4 is 9.78 Å². The number of imide groups is 1. The van der Waals surface area contributed by atoms with Gasteiger partial charge in [0, 0.05) is 0 Å². The van der Waals surface area contributed by atoms with Crippen LogP contribution in [0.4, 0.5) is 4.39 Å². The molecule has 1 saturated heterocycles. The predicted molar refractivity (Wildman–Crippen MR) is 64.8 cm³/mol. The third-order valence-corrected chi connectivity index (χ3v) is 6.36. The summed E-state index contributed by atoms with van der Waals surface area (Å²) in [6, 6.07) is 2.52. The first-order chi connectivity index (χ1) is 9.49. The van der Waals surface area contributed by atoms with E-state index in [0.29, 0.717) is 0 Å². The van der Waals surface area contributed by atoms with Gasteiger partial charge in [-0.15, -0.1) is 0 Å². The molecule has 0 aromatic heterocycles. The number of halogens is 1. The van der Waals surface area contributed by atoms with Gasteiger partial charge in [-0.05, 0) is 0 Å². The molecule has 8 heteroatoms. The summed E-state index contributed by atoms with van der Waals surface area (Å²) in [7, 11) is 0. The number of carbonyl (C=O) groups excluding carboxylic acids is 3. The number of fused-ring (bicyclic) bond motifs is 1. The molecule has 0 saturated carbocycles. The number of rotatable bonds is 1. The fourth-order valence-electron chi connectivity index (χ4n) is 2.28. The first-order valence-electron chi connectivity index (χ1n) is 5.88. The first-order valence-corrected chi connectivity index (χ1v) is 8.20. The van der Waals surface area contributed by atoms with Gasteiger partial charge in [0.25, 0.3) is 0 Å². The summed E-state index contributed by atoms with van der Waals surface area (Å²) in [5.74, 6) is -2.17. The maximum absolute atomic E-state index is 13.2. The molecule has 0 aliphatic carbocycles. The number of nitrogens with one attached hydrogen (secondary N) is 1. The van der Waals surface area contributed by atoms with E-state index < -0.39 is 43.6 Å². The number of piperidine rings is 1. The van der Waals surface area contributed by atoms with Gasteiger partial charge in [0.05, 0.1) is 0 Å². The van der Waals surface area contributed by atoms with Crippen LogP contribution in [-0.2, 0) is 13.4 Å². The van der Waals surface area contributed by atoms with E-state index in [1.54, 1.807) is 0 Å². The summed E-state index contributed by atoms with van der Waals surface area (Å²) in [5, 5.41) is 2.12. The average molecular weight is 343 g/mol. The van der Waals surface area contributed by atoms with Crippen LogP contribution >= 0.6 is 0 Å².